The molecule has 1 atom stereocenters. The number of hydrogen-bond donors (Lipinski definition) is 1. The zero-order chi connectivity index (χ0) is 21.4. The van der Waals surface area contributed by atoms with Crippen LogP contribution < -0.4 is 9.62 Å². The van der Waals surface area contributed by atoms with Gasteiger partial charge in [0.1, 0.15) is 6.04 Å². The second kappa shape index (κ2) is 10.7. The number of carbonyl (C=O) groups excluding carboxylic acids is 1. The Bertz CT molecular complexity index is 912. The quantitative estimate of drug-likeness (QED) is 0.576. The summed E-state index contributed by atoms with van der Waals surface area (Å²) >= 11 is 1.74. The van der Waals surface area contributed by atoms with Crippen LogP contribution in [0.5, 0.6) is 0 Å². The number of hydrogen-bond acceptors (Lipinski definition) is 4. The van der Waals surface area contributed by atoms with Crippen LogP contribution in [0.2, 0.25) is 0 Å². The second-order valence-corrected chi connectivity index (χ2v) is 10.1. The molecule has 0 aliphatic heterocycles. The average molecular weight is 435 g/mol. The fourth-order valence-electron chi connectivity index (χ4n) is 3.11. The molecule has 0 saturated heterocycles. The lowest BCUT2D eigenvalue weighted by Gasteiger charge is -2.30. The van der Waals surface area contributed by atoms with Crippen molar-refractivity contribution in [2.24, 2.45) is 0 Å². The number of benzene rings is 2. The minimum absolute atomic E-state index is 0.269. The van der Waals surface area contributed by atoms with Crippen LogP contribution in [-0.4, -0.2) is 38.9 Å². The molecule has 1 unspecified atom stereocenters. The van der Waals surface area contributed by atoms with Gasteiger partial charge in [-0.25, -0.2) is 8.42 Å². The van der Waals surface area contributed by atoms with E-state index >= 15 is 0 Å². The molecule has 5 nitrogen and oxygen atoms in total. The van der Waals surface area contributed by atoms with Crippen LogP contribution in [0.1, 0.15) is 30.0 Å². The number of thioether (sulfide) groups is 1. The summed E-state index contributed by atoms with van der Waals surface area (Å²) in [4.78, 5) is 12.8. The number of nitrogens with zero attached hydrogens (tertiary/aromatic N) is 1. The normalized spacial score (nSPS) is 12.4. The topological polar surface area (TPSA) is 66.5 Å². The van der Waals surface area contributed by atoms with Gasteiger partial charge in [0.2, 0.25) is 15.9 Å². The molecule has 0 aliphatic rings. The first-order chi connectivity index (χ1) is 13.7. The summed E-state index contributed by atoms with van der Waals surface area (Å²) in [5.41, 5.74) is 4.04. The van der Waals surface area contributed by atoms with Gasteiger partial charge in [-0.2, -0.15) is 11.8 Å². The molecule has 0 saturated carbocycles. The Kier molecular flexibility index (Phi) is 8.59. The van der Waals surface area contributed by atoms with Gasteiger partial charge in [0, 0.05) is 18.1 Å². The highest BCUT2D eigenvalue weighted by Gasteiger charge is 2.31. The van der Waals surface area contributed by atoms with Gasteiger partial charge in [-0.3, -0.25) is 9.10 Å². The second-order valence-electron chi connectivity index (χ2n) is 7.15. The summed E-state index contributed by atoms with van der Waals surface area (Å²) in [5, 5.41) is 2.90. The maximum atomic E-state index is 12.8. The van der Waals surface area contributed by atoms with Crippen molar-refractivity contribution in [3.63, 3.8) is 0 Å². The SMILES string of the molecule is CCC(C(=O)NCCSCc1cccc(C)c1)N(c1ccc(C)cc1)S(C)(=O)=O. The Balaban J connectivity index is 1.95. The third-order valence-electron chi connectivity index (χ3n) is 4.52. The largest absolute Gasteiger partial charge is 0.353 e. The van der Waals surface area contributed by atoms with E-state index in [-0.39, 0.29) is 5.91 Å². The van der Waals surface area contributed by atoms with Gasteiger partial charge in [0.05, 0.1) is 11.9 Å². The van der Waals surface area contributed by atoms with E-state index < -0.39 is 16.1 Å². The van der Waals surface area contributed by atoms with E-state index in [2.05, 4.69) is 30.4 Å². The molecule has 7 heteroatoms. The van der Waals surface area contributed by atoms with Crippen molar-refractivity contribution < 1.29 is 13.2 Å². The number of carbonyl (C=O) groups is 1. The summed E-state index contributed by atoms with van der Waals surface area (Å²) in [5.74, 6) is 1.38. The molecule has 158 valence electrons. The summed E-state index contributed by atoms with van der Waals surface area (Å²) in [7, 11) is -3.60. The highest BCUT2D eigenvalue weighted by Crippen LogP contribution is 2.23. The van der Waals surface area contributed by atoms with Crippen LogP contribution in [0.3, 0.4) is 0 Å². The maximum Gasteiger partial charge on any atom is 0.243 e. The first-order valence-electron chi connectivity index (χ1n) is 9.69. The number of amides is 1. The van der Waals surface area contributed by atoms with E-state index in [9.17, 15) is 13.2 Å². The first kappa shape index (κ1) is 23.3. The highest BCUT2D eigenvalue weighted by atomic mass is 32.2. The first-order valence-corrected chi connectivity index (χ1v) is 12.7. The Morgan fingerprint density at radius 3 is 2.38 bits per heavy atom. The predicted molar refractivity (Wildman–Crippen MR) is 123 cm³/mol. The van der Waals surface area contributed by atoms with Gasteiger partial charge < -0.3 is 5.32 Å². The van der Waals surface area contributed by atoms with Crippen LogP contribution in [0, 0.1) is 13.8 Å². The molecule has 2 rings (SSSR count). The Morgan fingerprint density at radius 1 is 1.10 bits per heavy atom. The van der Waals surface area contributed by atoms with E-state index in [0.717, 1.165) is 23.3 Å². The molecule has 2 aromatic carbocycles. The predicted octanol–water partition coefficient (Wildman–Crippen LogP) is 3.90. The van der Waals surface area contributed by atoms with Gasteiger partial charge in [0.25, 0.3) is 0 Å². The Hall–Kier alpha value is -1.99. The van der Waals surface area contributed by atoms with Crippen molar-refractivity contribution >= 4 is 33.4 Å². The van der Waals surface area contributed by atoms with E-state index in [4.69, 9.17) is 0 Å². The average Bonchev–Trinajstić information content (AvgIpc) is 2.65. The molecular weight excluding hydrogens is 404 g/mol. The molecule has 0 radical (unpaired) electrons. The molecule has 0 aromatic heterocycles. The summed E-state index contributed by atoms with van der Waals surface area (Å²) in [6.45, 7) is 6.33. The van der Waals surface area contributed by atoms with Gasteiger partial charge >= 0.3 is 0 Å². The van der Waals surface area contributed by atoms with Crippen molar-refractivity contribution in [1.29, 1.82) is 0 Å². The van der Waals surface area contributed by atoms with Crippen LogP contribution in [-0.2, 0) is 20.6 Å². The number of nitrogens with one attached hydrogen (secondary N) is 1. The highest BCUT2D eigenvalue weighted by molar-refractivity contribution is 7.98. The standard InChI is InChI=1S/C22H30N2O3S2/c1-5-21(24(29(4,26)27)20-11-9-17(2)10-12-20)22(25)23-13-14-28-16-19-8-6-7-18(3)15-19/h6-12,15,21H,5,13-14,16H2,1-4H3,(H,23,25). The Morgan fingerprint density at radius 2 is 1.79 bits per heavy atom. The molecular formula is C22H30N2O3S2. The number of rotatable bonds is 10. The third kappa shape index (κ3) is 7.08. The van der Waals surface area contributed by atoms with Crippen molar-refractivity contribution in [1.82, 2.24) is 5.32 Å². The van der Waals surface area contributed by atoms with Crippen LogP contribution in [0.25, 0.3) is 0 Å². The summed E-state index contributed by atoms with van der Waals surface area (Å²) < 4.78 is 26.1. The number of aryl methyl sites for hydroxylation is 2. The molecule has 2 aromatic rings. The lowest BCUT2D eigenvalue weighted by Crippen LogP contribution is -2.49. The smallest absolute Gasteiger partial charge is 0.243 e. The zero-order valence-electron chi connectivity index (χ0n) is 17.5. The van der Waals surface area contributed by atoms with Gasteiger partial charge in [-0.15, -0.1) is 0 Å². The van der Waals surface area contributed by atoms with Gasteiger partial charge in [0.15, 0.2) is 0 Å². The van der Waals surface area contributed by atoms with Crippen molar-refractivity contribution in [3.05, 3.63) is 65.2 Å². The molecule has 0 heterocycles. The lowest BCUT2D eigenvalue weighted by molar-refractivity contribution is -0.122. The molecule has 0 aliphatic carbocycles. The van der Waals surface area contributed by atoms with Crippen LogP contribution in [0.4, 0.5) is 5.69 Å². The van der Waals surface area contributed by atoms with Crippen LogP contribution in [0.15, 0.2) is 48.5 Å². The summed E-state index contributed by atoms with van der Waals surface area (Å²) in [6, 6.07) is 14.8. The fraction of sp³-hybridized carbons (Fsp3) is 0.409. The summed E-state index contributed by atoms with van der Waals surface area (Å²) in [6.07, 6.45) is 1.53. The number of sulfonamides is 1. The molecule has 0 spiro atoms. The van der Waals surface area contributed by atoms with E-state index in [1.807, 2.05) is 32.0 Å². The van der Waals surface area contributed by atoms with Crippen molar-refractivity contribution in [3.8, 4) is 0 Å². The fourth-order valence-corrected chi connectivity index (χ4v) is 5.13. The lowest BCUT2D eigenvalue weighted by atomic mass is 10.1. The zero-order valence-corrected chi connectivity index (χ0v) is 19.1. The molecule has 0 fully saturated rings. The molecule has 1 N–H and O–H groups in total. The van der Waals surface area contributed by atoms with Crippen LogP contribution >= 0.6 is 11.8 Å². The molecule has 0 bridgehead atoms. The van der Waals surface area contributed by atoms with Crippen molar-refractivity contribution in [2.45, 2.75) is 39.0 Å². The molecule has 1 amide bonds. The van der Waals surface area contributed by atoms with Gasteiger partial charge in [-0.05, 0) is 38.0 Å². The maximum absolute atomic E-state index is 12.8. The number of anilines is 1. The van der Waals surface area contributed by atoms with E-state index in [1.54, 1.807) is 23.9 Å². The van der Waals surface area contributed by atoms with Crippen molar-refractivity contribution in [2.75, 3.05) is 22.9 Å². The monoisotopic (exact) mass is 434 g/mol. The minimum Gasteiger partial charge on any atom is -0.353 e. The van der Waals surface area contributed by atoms with E-state index in [1.165, 1.54) is 15.4 Å². The van der Waals surface area contributed by atoms with Gasteiger partial charge in [-0.1, -0.05) is 54.4 Å². The molecule has 29 heavy (non-hydrogen) atoms. The third-order valence-corrected chi connectivity index (χ3v) is 6.73. The minimum atomic E-state index is -3.60. The Labute approximate surface area is 178 Å². The van der Waals surface area contributed by atoms with E-state index in [0.29, 0.717) is 18.7 Å².